The Bertz CT molecular complexity index is 384. The van der Waals surface area contributed by atoms with Crippen LogP contribution in [0.3, 0.4) is 0 Å². The van der Waals surface area contributed by atoms with Gasteiger partial charge in [-0.05, 0) is 19.1 Å². The predicted octanol–water partition coefficient (Wildman–Crippen LogP) is 2.54. The van der Waals surface area contributed by atoms with Crippen LogP contribution in [0.25, 0.3) is 0 Å². The first-order valence-electron chi connectivity index (χ1n) is 5.16. The fourth-order valence-electron chi connectivity index (χ4n) is 1.30. The summed E-state index contributed by atoms with van der Waals surface area (Å²) >= 11 is 5.44. The van der Waals surface area contributed by atoms with Gasteiger partial charge in [0.05, 0.1) is 18.1 Å². The van der Waals surface area contributed by atoms with Crippen molar-refractivity contribution in [1.82, 2.24) is 0 Å². The van der Waals surface area contributed by atoms with Crippen molar-refractivity contribution in [2.75, 3.05) is 25.7 Å². The van der Waals surface area contributed by atoms with Gasteiger partial charge < -0.3 is 9.47 Å². The van der Waals surface area contributed by atoms with Crippen molar-refractivity contribution < 1.29 is 14.4 Å². The molecule has 0 amide bonds. The smallest absolute Gasteiger partial charge is 0.272 e. The lowest BCUT2D eigenvalue weighted by Gasteiger charge is -2.07. The van der Waals surface area contributed by atoms with Gasteiger partial charge in [0.25, 0.3) is 5.69 Å². The van der Waals surface area contributed by atoms with Crippen molar-refractivity contribution >= 4 is 17.3 Å². The monoisotopic (exact) mass is 259 g/mol. The predicted molar refractivity (Wildman–Crippen MR) is 64.9 cm³/mol. The minimum Gasteiger partial charge on any atom is -0.491 e. The summed E-state index contributed by atoms with van der Waals surface area (Å²) in [6.07, 6.45) is 0. The molecule has 1 aromatic carbocycles. The van der Waals surface area contributed by atoms with E-state index >= 15 is 0 Å². The summed E-state index contributed by atoms with van der Waals surface area (Å²) in [6, 6.07) is 4.65. The molecule has 0 aliphatic rings. The van der Waals surface area contributed by atoms with Gasteiger partial charge in [-0.15, -0.1) is 11.6 Å². The molecule has 0 saturated heterocycles. The molecule has 6 heteroatoms. The van der Waals surface area contributed by atoms with Gasteiger partial charge in [0.2, 0.25) is 0 Å². The van der Waals surface area contributed by atoms with Crippen LogP contribution in [-0.4, -0.2) is 30.6 Å². The maximum atomic E-state index is 10.6. The molecular formula is C11H14ClNO4. The van der Waals surface area contributed by atoms with Crippen LogP contribution in [-0.2, 0) is 4.74 Å². The van der Waals surface area contributed by atoms with Gasteiger partial charge in [-0.2, -0.15) is 0 Å². The van der Waals surface area contributed by atoms with E-state index in [4.69, 9.17) is 21.1 Å². The van der Waals surface area contributed by atoms with Crippen molar-refractivity contribution in [3.05, 3.63) is 33.9 Å². The van der Waals surface area contributed by atoms with Crippen LogP contribution in [0.5, 0.6) is 5.75 Å². The molecule has 0 saturated carbocycles. The lowest BCUT2D eigenvalue weighted by Crippen LogP contribution is -2.08. The van der Waals surface area contributed by atoms with Crippen molar-refractivity contribution in [2.45, 2.75) is 6.92 Å². The highest BCUT2D eigenvalue weighted by Gasteiger charge is 2.10. The molecule has 0 aromatic heterocycles. The molecule has 1 rings (SSSR count). The van der Waals surface area contributed by atoms with Crippen LogP contribution in [0.1, 0.15) is 5.56 Å². The lowest BCUT2D eigenvalue weighted by molar-refractivity contribution is -0.385. The number of nitrogens with zero attached hydrogens (tertiary/aromatic N) is 1. The minimum absolute atomic E-state index is 0.0933. The SMILES string of the molecule is Cc1cc(OCCOCCCl)ccc1[N+](=O)[O-]. The number of rotatable bonds is 7. The number of aryl methyl sites for hydroxylation is 1. The largest absolute Gasteiger partial charge is 0.491 e. The second kappa shape index (κ2) is 7.09. The molecule has 1 aromatic rings. The van der Waals surface area contributed by atoms with Gasteiger partial charge in [-0.25, -0.2) is 0 Å². The molecule has 0 atom stereocenters. The summed E-state index contributed by atoms with van der Waals surface area (Å²) in [7, 11) is 0. The van der Waals surface area contributed by atoms with Gasteiger partial charge in [-0.3, -0.25) is 10.1 Å². The molecule has 0 bridgehead atoms. The van der Waals surface area contributed by atoms with E-state index in [-0.39, 0.29) is 5.69 Å². The molecule has 94 valence electrons. The number of halogens is 1. The Morgan fingerprint density at radius 1 is 1.35 bits per heavy atom. The number of benzene rings is 1. The Kier molecular flexibility index (Phi) is 5.72. The van der Waals surface area contributed by atoms with Crippen LogP contribution in [0, 0.1) is 17.0 Å². The molecule has 5 nitrogen and oxygen atoms in total. The van der Waals surface area contributed by atoms with E-state index in [1.807, 2.05) is 0 Å². The lowest BCUT2D eigenvalue weighted by atomic mass is 10.2. The van der Waals surface area contributed by atoms with Gasteiger partial charge in [0, 0.05) is 17.5 Å². The molecule has 0 radical (unpaired) electrons. The van der Waals surface area contributed by atoms with E-state index in [0.29, 0.717) is 37.0 Å². The zero-order valence-electron chi connectivity index (χ0n) is 9.52. The Labute approximate surface area is 104 Å². The average Bonchev–Trinajstić information content (AvgIpc) is 2.28. The standard InChI is InChI=1S/C11H14ClNO4/c1-9-8-10(2-3-11(9)13(14)15)17-7-6-16-5-4-12/h2-3,8H,4-7H2,1H3. The molecule has 0 unspecified atom stereocenters. The summed E-state index contributed by atoms with van der Waals surface area (Å²) in [5.74, 6) is 1.05. The zero-order chi connectivity index (χ0) is 12.7. The van der Waals surface area contributed by atoms with Crippen molar-refractivity contribution in [3.8, 4) is 5.75 Å². The second-order valence-corrected chi connectivity index (χ2v) is 3.73. The van der Waals surface area contributed by atoms with Crippen molar-refractivity contribution in [2.24, 2.45) is 0 Å². The van der Waals surface area contributed by atoms with E-state index in [1.54, 1.807) is 19.1 Å². The van der Waals surface area contributed by atoms with Crippen LogP contribution in [0.15, 0.2) is 18.2 Å². The highest BCUT2D eigenvalue weighted by molar-refractivity contribution is 6.17. The van der Waals surface area contributed by atoms with Gasteiger partial charge in [0.15, 0.2) is 0 Å². The van der Waals surface area contributed by atoms with Gasteiger partial charge in [-0.1, -0.05) is 0 Å². The van der Waals surface area contributed by atoms with Crippen LogP contribution in [0.4, 0.5) is 5.69 Å². The topological polar surface area (TPSA) is 61.6 Å². The first kappa shape index (κ1) is 13.7. The van der Waals surface area contributed by atoms with E-state index in [9.17, 15) is 10.1 Å². The van der Waals surface area contributed by atoms with Gasteiger partial charge >= 0.3 is 0 Å². The second-order valence-electron chi connectivity index (χ2n) is 3.36. The summed E-state index contributed by atoms with van der Waals surface area (Å²) in [6.45, 7) is 3.01. The van der Waals surface area contributed by atoms with Crippen LogP contribution in [0.2, 0.25) is 0 Å². The average molecular weight is 260 g/mol. The van der Waals surface area contributed by atoms with Crippen LogP contribution < -0.4 is 4.74 Å². The molecule has 0 heterocycles. The summed E-state index contributed by atoms with van der Waals surface area (Å²) in [4.78, 5) is 10.2. The molecule has 0 aliphatic heterocycles. The maximum Gasteiger partial charge on any atom is 0.272 e. The number of hydrogen-bond donors (Lipinski definition) is 0. The third-order valence-corrected chi connectivity index (χ3v) is 2.24. The first-order chi connectivity index (χ1) is 8.15. The molecule has 0 spiro atoms. The number of alkyl halides is 1. The van der Waals surface area contributed by atoms with Crippen molar-refractivity contribution in [1.29, 1.82) is 0 Å². The van der Waals surface area contributed by atoms with E-state index < -0.39 is 4.92 Å². The van der Waals surface area contributed by atoms with Crippen molar-refractivity contribution in [3.63, 3.8) is 0 Å². The first-order valence-corrected chi connectivity index (χ1v) is 5.70. The molecule has 0 N–H and O–H groups in total. The summed E-state index contributed by atoms with van der Waals surface area (Å²) < 4.78 is 10.5. The quantitative estimate of drug-likeness (QED) is 0.327. The van der Waals surface area contributed by atoms with E-state index in [1.165, 1.54) is 6.07 Å². The molecule has 0 aliphatic carbocycles. The summed E-state index contributed by atoms with van der Waals surface area (Å²) in [5, 5.41) is 10.6. The Morgan fingerprint density at radius 2 is 2.12 bits per heavy atom. The fourth-order valence-corrected chi connectivity index (χ4v) is 1.41. The Hall–Kier alpha value is -1.33. The normalized spacial score (nSPS) is 10.2. The van der Waals surface area contributed by atoms with E-state index in [2.05, 4.69) is 0 Å². The van der Waals surface area contributed by atoms with E-state index in [0.717, 1.165) is 0 Å². The third-order valence-electron chi connectivity index (χ3n) is 2.08. The molecule has 17 heavy (non-hydrogen) atoms. The fraction of sp³-hybridized carbons (Fsp3) is 0.455. The van der Waals surface area contributed by atoms with Crippen LogP contribution >= 0.6 is 11.6 Å². The highest BCUT2D eigenvalue weighted by atomic mass is 35.5. The van der Waals surface area contributed by atoms with Gasteiger partial charge in [0.1, 0.15) is 12.4 Å². The summed E-state index contributed by atoms with van der Waals surface area (Å²) in [5.41, 5.74) is 0.671. The Balaban J connectivity index is 2.45. The highest BCUT2D eigenvalue weighted by Crippen LogP contribution is 2.22. The molecular weight excluding hydrogens is 246 g/mol. The Morgan fingerprint density at radius 3 is 2.71 bits per heavy atom. The minimum atomic E-state index is -0.414. The number of hydrogen-bond acceptors (Lipinski definition) is 4. The third kappa shape index (κ3) is 4.58. The number of ether oxygens (including phenoxy) is 2. The number of nitro benzene ring substituents is 1. The maximum absolute atomic E-state index is 10.6. The molecule has 0 fully saturated rings. The zero-order valence-corrected chi connectivity index (χ0v) is 10.3. The number of nitro groups is 1.